The first-order valence-electron chi connectivity index (χ1n) is 4.98. The van der Waals surface area contributed by atoms with Crippen molar-refractivity contribution >= 4 is 7.85 Å². The number of allylic oxidation sites excluding steroid dienone is 1. The second kappa shape index (κ2) is 4.16. The van der Waals surface area contributed by atoms with Gasteiger partial charge in [-0.25, -0.2) is 0 Å². The maximum atomic E-state index is 3.82. The molecule has 0 aliphatic rings. The van der Waals surface area contributed by atoms with Crippen LogP contribution in [0.2, 0.25) is 5.31 Å². The zero-order valence-electron chi connectivity index (χ0n) is 9.41. The summed E-state index contributed by atoms with van der Waals surface area (Å²) < 4.78 is 0. The molecule has 0 aliphatic heterocycles. The van der Waals surface area contributed by atoms with Gasteiger partial charge in [-0.3, -0.25) is 0 Å². The Bertz CT molecular complexity index is 145. The van der Waals surface area contributed by atoms with Gasteiger partial charge in [0.15, 0.2) is 0 Å². The van der Waals surface area contributed by atoms with Crippen molar-refractivity contribution in [3.05, 3.63) is 12.7 Å². The molecule has 1 atom stereocenters. The molecule has 0 aromatic heterocycles. The predicted octanol–water partition coefficient (Wildman–Crippen LogP) is 3.20. The van der Waals surface area contributed by atoms with E-state index in [4.69, 9.17) is 0 Å². The summed E-state index contributed by atoms with van der Waals surface area (Å²) in [7, 11) is 2.34. The normalized spacial score (nSPS) is 17.0. The predicted molar refractivity (Wildman–Crippen MR) is 60.4 cm³/mol. The van der Waals surface area contributed by atoms with Gasteiger partial charge < -0.3 is 0 Å². The molecule has 0 aromatic carbocycles. The lowest BCUT2D eigenvalue weighted by atomic mass is 9.52. The molecule has 1 heteroatoms. The second-order valence-electron chi connectivity index (χ2n) is 5.01. The van der Waals surface area contributed by atoms with Crippen LogP contribution in [0.1, 0.15) is 47.0 Å². The van der Waals surface area contributed by atoms with Crippen LogP contribution in [0.25, 0.3) is 0 Å². The quantitative estimate of drug-likeness (QED) is 0.434. The smallest absolute Gasteiger partial charge is 0.103 e. The number of hydrogen-bond acceptors (Lipinski definition) is 0. The summed E-state index contributed by atoms with van der Waals surface area (Å²) in [6.07, 6.45) is 5.72. The summed E-state index contributed by atoms with van der Waals surface area (Å²) in [4.78, 5) is 0. The molecule has 0 amide bonds. The van der Waals surface area contributed by atoms with Gasteiger partial charge in [-0.2, -0.15) is 0 Å². The number of rotatable bonds is 5. The van der Waals surface area contributed by atoms with Gasteiger partial charge in [0.1, 0.15) is 7.85 Å². The molecule has 0 nitrogen and oxygen atoms in total. The first kappa shape index (κ1) is 11.8. The van der Waals surface area contributed by atoms with Crippen LogP contribution in [0.15, 0.2) is 12.7 Å². The third-order valence-electron chi connectivity index (χ3n) is 3.36. The molecule has 0 aromatic rings. The van der Waals surface area contributed by atoms with Crippen LogP contribution >= 0.6 is 0 Å². The minimum atomic E-state index is 0.380. The number of hydrogen-bond donors (Lipinski definition) is 0. The topological polar surface area (TPSA) is 0 Å². The molecule has 12 heavy (non-hydrogen) atoms. The summed E-state index contributed by atoms with van der Waals surface area (Å²) in [6, 6.07) is 0. The van der Waals surface area contributed by atoms with Gasteiger partial charge in [0.05, 0.1) is 0 Å². The van der Waals surface area contributed by atoms with Gasteiger partial charge in [-0.15, -0.1) is 6.58 Å². The fourth-order valence-corrected chi connectivity index (χ4v) is 1.60. The Balaban J connectivity index is 4.38. The van der Waals surface area contributed by atoms with Crippen LogP contribution in [-0.4, -0.2) is 7.85 Å². The molecule has 0 aliphatic carbocycles. The molecular formula is C11H23B. The van der Waals surface area contributed by atoms with Gasteiger partial charge in [-0.05, 0) is 18.3 Å². The Morgan fingerprint density at radius 3 is 2.17 bits per heavy atom. The van der Waals surface area contributed by atoms with Crippen molar-refractivity contribution in [2.24, 2.45) is 5.41 Å². The summed E-state index contributed by atoms with van der Waals surface area (Å²) >= 11 is 0. The molecule has 0 saturated carbocycles. The zero-order chi connectivity index (χ0) is 9.83. The van der Waals surface area contributed by atoms with Gasteiger partial charge in [0.2, 0.25) is 0 Å². The third-order valence-corrected chi connectivity index (χ3v) is 3.36. The van der Waals surface area contributed by atoms with Crippen LogP contribution in [0, 0.1) is 5.41 Å². The Morgan fingerprint density at radius 1 is 1.33 bits per heavy atom. The third kappa shape index (κ3) is 2.69. The van der Waals surface area contributed by atoms with E-state index in [2.05, 4.69) is 42.1 Å². The second-order valence-corrected chi connectivity index (χ2v) is 5.01. The van der Waals surface area contributed by atoms with Crippen molar-refractivity contribution in [2.45, 2.75) is 52.3 Å². The van der Waals surface area contributed by atoms with Crippen LogP contribution in [0.3, 0.4) is 0 Å². The van der Waals surface area contributed by atoms with E-state index in [1.54, 1.807) is 0 Å². The van der Waals surface area contributed by atoms with Gasteiger partial charge in [-0.1, -0.05) is 45.5 Å². The largest absolute Gasteiger partial charge is 0.110 e. The Labute approximate surface area is 78.9 Å². The standard InChI is InChI=1S/C11H23B/c1-6-8-10(3,4)11(5,12)9-7-2/h7H,2,6,8-9,12H2,1,3-5H3. The maximum Gasteiger partial charge on any atom is 0.110 e. The van der Waals surface area contributed by atoms with Gasteiger partial charge >= 0.3 is 0 Å². The van der Waals surface area contributed by atoms with E-state index in [0.717, 1.165) is 6.42 Å². The highest BCUT2D eigenvalue weighted by atomic mass is 14.3. The van der Waals surface area contributed by atoms with Crippen molar-refractivity contribution in [3.8, 4) is 0 Å². The first-order valence-corrected chi connectivity index (χ1v) is 4.98. The van der Waals surface area contributed by atoms with Crippen molar-refractivity contribution in [1.29, 1.82) is 0 Å². The fraction of sp³-hybridized carbons (Fsp3) is 0.818. The summed E-state index contributed by atoms with van der Waals surface area (Å²) in [6.45, 7) is 13.1. The molecule has 0 bridgehead atoms. The molecule has 70 valence electrons. The summed E-state index contributed by atoms with van der Waals surface area (Å²) in [5.74, 6) is 0. The molecule has 1 unspecified atom stereocenters. The minimum Gasteiger partial charge on any atom is -0.103 e. The van der Waals surface area contributed by atoms with E-state index in [0.29, 0.717) is 10.7 Å². The highest BCUT2D eigenvalue weighted by molar-refractivity contribution is 6.15. The van der Waals surface area contributed by atoms with E-state index >= 15 is 0 Å². The molecule has 0 saturated heterocycles. The highest BCUT2D eigenvalue weighted by Crippen LogP contribution is 2.48. The van der Waals surface area contributed by atoms with E-state index in [1.807, 2.05) is 6.08 Å². The molecule has 0 fully saturated rings. The average molecular weight is 166 g/mol. The van der Waals surface area contributed by atoms with E-state index in [9.17, 15) is 0 Å². The molecule has 0 radical (unpaired) electrons. The average Bonchev–Trinajstić information content (AvgIpc) is 1.86. The van der Waals surface area contributed by atoms with Crippen LogP contribution in [0.4, 0.5) is 0 Å². The summed E-state index contributed by atoms with van der Waals surface area (Å²) in [5, 5.41) is 0.380. The van der Waals surface area contributed by atoms with Gasteiger partial charge in [0, 0.05) is 0 Å². The van der Waals surface area contributed by atoms with E-state index in [-0.39, 0.29) is 0 Å². The molecule has 0 N–H and O–H groups in total. The van der Waals surface area contributed by atoms with Crippen molar-refractivity contribution in [1.82, 2.24) is 0 Å². The summed E-state index contributed by atoms with van der Waals surface area (Å²) in [5.41, 5.74) is 0.427. The Hall–Kier alpha value is -0.195. The minimum absolute atomic E-state index is 0.380. The van der Waals surface area contributed by atoms with Crippen LogP contribution in [0.5, 0.6) is 0 Å². The lowest BCUT2D eigenvalue weighted by Crippen LogP contribution is -2.28. The molecular weight excluding hydrogens is 143 g/mol. The SMILES string of the molecule is BC(C)(CC=C)C(C)(C)CCC. The monoisotopic (exact) mass is 166 g/mol. The lowest BCUT2D eigenvalue weighted by molar-refractivity contribution is 0.229. The Morgan fingerprint density at radius 2 is 1.83 bits per heavy atom. The Kier molecular flexibility index (Phi) is 4.09. The molecule has 0 spiro atoms. The van der Waals surface area contributed by atoms with Gasteiger partial charge in [0.25, 0.3) is 0 Å². The van der Waals surface area contributed by atoms with Crippen molar-refractivity contribution < 1.29 is 0 Å². The fourth-order valence-electron chi connectivity index (χ4n) is 1.60. The maximum absolute atomic E-state index is 3.82. The zero-order valence-corrected chi connectivity index (χ0v) is 9.41. The van der Waals surface area contributed by atoms with Crippen molar-refractivity contribution in [2.75, 3.05) is 0 Å². The van der Waals surface area contributed by atoms with E-state index < -0.39 is 0 Å². The molecule has 0 rings (SSSR count). The highest BCUT2D eigenvalue weighted by Gasteiger charge is 2.34. The van der Waals surface area contributed by atoms with E-state index in [1.165, 1.54) is 12.8 Å². The molecule has 0 heterocycles. The van der Waals surface area contributed by atoms with Crippen LogP contribution < -0.4 is 0 Å². The first-order chi connectivity index (χ1) is 5.37. The van der Waals surface area contributed by atoms with Crippen molar-refractivity contribution in [3.63, 3.8) is 0 Å². The van der Waals surface area contributed by atoms with Crippen LogP contribution in [-0.2, 0) is 0 Å². The lowest BCUT2D eigenvalue weighted by Gasteiger charge is -2.41.